The molecule has 1 aromatic heterocycles. The highest BCUT2D eigenvalue weighted by atomic mass is 16.2. The fraction of sp³-hybridized carbons (Fsp3) is 0.500. The fourth-order valence-corrected chi connectivity index (χ4v) is 1.67. The third-order valence-electron chi connectivity index (χ3n) is 2.53. The van der Waals surface area contributed by atoms with Crippen LogP contribution in [0.15, 0.2) is 12.4 Å². The number of hydrogen-bond donors (Lipinski definition) is 1. The van der Waals surface area contributed by atoms with Gasteiger partial charge in [-0.1, -0.05) is 0 Å². The number of hydrogen-bond acceptors (Lipinski definition) is 4. The average molecular weight is 206 g/mol. The second-order valence-electron chi connectivity index (χ2n) is 3.59. The maximum Gasteiger partial charge on any atom is 0.256 e. The first-order chi connectivity index (χ1) is 7.31. The second kappa shape index (κ2) is 4.35. The minimum absolute atomic E-state index is 0.0241. The van der Waals surface area contributed by atoms with Crippen LogP contribution in [-0.2, 0) is 6.54 Å². The first kappa shape index (κ1) is 10.0. The summed E-state index contributed by atoms with van der Waals surface area (Å²) in [5.41, 5.74) is 5.93. The first-order valence-electron chi connectivity index (χ1n) is 5.11. The minimum atomic E-state index is 0.0241. The van der Waals surface area contributed by atoms with Crippen molar-refractivity contribution in [2.24, 2.45) is 5.73 Å². The molecular formula is C10H14N4O. The van der Waals surface area contributed by atoms with E-state index in [1.54, 1.807) is 12.4 Å². The average Bonchev–Trinajstić information content (AvgIpc) is 2.82. The van der Waals surface area contributed by atoms with Crippen LogP contribution in [0.5, 0.6) is 0 Å². The van der Waals surface area contributed by atoms with E-state index in [0.717, 1.165) is 25.9 Å². The molecular weight excluding hydrogens is 192 g/mol. The van der Waals surface area contributed by atoms with E-state index >= 15 is 0 Å². The molecule has 2 heterocycles. The van der Waals surface area contributed by atoms with Crippen molar-refractivity contribution in [3.63, 3.8) is 0 Å². The van der Waals surface area contributed by atoms with Gasteiger partial charge in [0.25, 0.3) is 5.91 Å². The van der Waals surface area contributed by atoms with Gasteiger partial charge >= 0.3 is 0 Å². The molecule has 2 rings (SSSR count). The predicted octanol–water partition coefficient (Wildman–Crippen LogP) is 0.171. The number of amides is 1. The molecule has 1 fully saturated rings. The number of aromatic nitrogens is 2. The van der Waals surface area contributed by atoms with Gasteiger partial charge in [0, 0.05) is 25.5 Å². The van der Waals surface area contributed by atoms with Crippen LogP contribution in [0, 0.1) is 0 Å². The maximum atomic E-state index is 11.9. The largest absolute Gasteiger partial charge is 0.339 e. The highest BCUT2D eigenvalue weighted by molar-refractivity contribution is 5.93. The molecule has 0 aromatic carbocycles. The van der Waals surface area contributed by atoms with Crippen LogP contribution in [0.4, 0.5) is 0 Å². The van der Waals surface area contributed by atoms with Gasteiger partial charge in [-0.25, -0.2) is 9.97 Å². The van der Waals surface area contributed by atoms with E-state index in [0.29, 0.717) is 17.9 Å². The molecule has 1 aliphatic heterocycles. The van der Waals surface area contributed by atoms with Gasteiger partial charge in [0.1, 0.15) is 5.82 Å². The summed E-state index contributed by atoms with van der Waals surface area (Å²) in [5.74, 6) is 0.587. The summed E-state index contributed by atoms with van der Waals surface area (Å²) in [6.45, 7) is 1.99. The molecule has 0 unspecified atom stereocenters. The van der Waals surface area contributed by atoms with E-state index in [2.05, 4.69) is 9.97 Å². The van der Waals surface area contributed by atoms with Gasteiger partial charge < -0.3 is 10.6 Å². The van der Waals surface area contributed by atoms with Gasteiger partial charge in [0.05, 0.1) is 12.1 Å². The smallest absolute Gasteiger partial charge is 0.256 e. The summed E-state index contributed by atoms with van der Waals surface area (Å²) in [7, 11) is 0. The molecule has 5 nitrogen and oxygen atoms in total. The summed E-state index contributed by atoms with van der Waals surface area (Å²) >= 11 is 0. The number of likely N-dealkylation sites (tertiary alicyclic amines) is 1. The predicted molar refractivity (Wildman–Crippen MR) is 55.1 cm³/mol. The van der Waals surface area contributed by atoms with Gasteiger partial charge in [0.2, 0.25) is 0 Å². The van der Waals surface area contributed by atoms with Crippen LogP contribution in [0.25, 0.3) is 0 Å². The molecule has 1 aliphatic rings. The van der Waals surface area contributed by atoms with Crippen molar-refractivity contribution in [1.29, 1.82) is 0 Å². The van der Waals surface area contributed by atoms with Crippen molar-refractivity contribution in [3.05, 3.63) is 23.8 Å². The van der Waals surface area contributed by atoms with Crippen LogP contribution in [-0.4, -0.2) is 33.9 Å². The molecule has 5 heteroatoms. The summed E-state index contributed by atoms with van der Waals surface area (Å²) in [6.07, 6.45) is 5.28. The highest BCUT2D eigenvalue weighted by Gasteiger charge is 2.19. The number of carbonyl (C=O) groups excluding carboxylic acids is 1. The SMILES string of the molecule is NCc1ncc(C(=O)N2CCCC2)cn1. The third kappa shape index (κ3) is 2.12. The third-order valence-corrected chi connectivity index (χ3v) is 2.53. The van der Waals surface area contributed by atoms with E-state index < -0.39 is 0 Å². The second-order valence-corrected chi connectivity index (χ2v) is 3.59. The molecule has 1 amide bonds. The Bertz CT molecular complexity index is 343. The number of rotatable bonds is 2. The molecule has 0 spiro atoms. The lowest BCUT2D eigenvalue weighted by Crippen LogP contribution is -2.27. The molecule has 0 atom stereocenters. The zero-order valence-electron chi connectivity index (χ0n) is 8.52. The zero-order valence-corrected chi connectivity index (χ0v) is 8.52. The van der Waals surface area contributed by atoms with Crippen LogP contribution in [0.2, 0.25) is 0 Å². The molecule has 15 heavy (non-hydrogen) atoms. The number of carbonyl (C=O) groups is 1. The Hall–Kier alpha value is -1.49. The molecule has 0 radical (unpaired) electrons. The Kier molecular flexibility index (Phi) is 2.91. The molecule has 0 bridgehead atoms. The van der Waals surface area contributed by atoms with Crippen LogP contribution < -0.4 is 5.73 Å². The van der Waals surface area contributed by atoms with Gasteiger partial charge in [-0.15, -0.1) is 0 Å². The van der Waals surface area contributed by atoms with E-state index in [1.165, 1.54) is 0 Å². The van der Waals surface area contributed by atoms with Crippen molar-refractivity contribution in [2.45, 2.75) is 19.4 Å². The normalized spacial score (nSPS) is 15.7. The first-order valence-corrected chi connectivity index (χ1v) is 5.11. The van der Waals surface area contributed by atoms with Gasteiger partial charge in [-0.3, -0.25) is 4.79 Å². The Morgan fingerprint density at radius 1 is 1.33 bits per heavy atom. The van der Waals surface area contributed by atoms with Gasteiger partial charge in [-0.2, -0.15) is 0 Å². The van der Waals surface area contributed by atoms with Crippen molar-refractivity contribution in [3.8, 4) is 0 Å². The lowest BCUT2D eigenvalue weighted by molar-refractivity contribution is 0.0792. The Morgan fingerprint density at radius 3 is 2.47 bits per heavy atom. The van der Waals surface area contributed by atoms with Crippen LogP contribution in [0.3, 0.4) is 0 Å². The Morgan fingerprint density at radius 2 is 1.93 bits per heavy atom. The van der Waals surface area contributed by atoms with E-state index in [4.69, 9.17) is 5.73 Å². The highest BCUT2D eigenvalue weighted by Crippen LogP contribution is 2.11. The number of nitrogens with two attached hydrogens (primary N) is 1. The zero-order chi connectivity index (χ0) is 10.7. The molecule has 80 valence electrons. The Balaban J connectivity index is 2.11. The fourth-order valence-electron chi connectivity index (χ4n) is 1.67. The van der Waals surface area contributed by atoms with Crippen molar-refractivity contribution in [2.75, 3.05) is 13.1 Å². The lowest BCUT2D eigenvalue weighted by atomic mass is 10.3. The maximum absolute atomic E-state index is 11.9. The van der Waals surface area contributed by atoms with Crippen LogP contribution in [0.1, 0.15) is 29.0 Å². The van der Waals surface area contributed by atoms with Gasteiger partial charge in [-0.05, 0) is 12.8 Å². The quantitative estimate of drug-likeness (QED) is 0.748. The van der Waals surface area contributed by atoms with Crippen molar-refractivity contribution >= 4 is 5.91 Å². The van der Waals surface area contributed by atoms with Gasteiger partial charge in [0.15, 0.2) is 0 Å². The summed E-state index contributed by atoms with van der Waals surface area (Å²) in [4.78, 5) is 21.7. The molecule has 2 N–H and O–H groups in total. The molecule has 0 saturated carbocycles. The van der Waals surface area contributed by atoms with Crippen molar-refractivity contribution in [1.82, 2.24) is 14.9 Å². The standard InChI is InChI=1S/C10H14N4O/c11-5-9-12-6-8(7-13-9)10(15)14-3-1-2-4-14/h6-7H,1-5,11H2. The lowest BCUT2D eigenvalue weighted by Gasteiger charge is -2.14. The summed E-state index contributed by atoms with van der Waals surface area (Å²) in [5, 5.41) is 0. The molecule has 1 saturated heterocycles. The summed E-state index contributed by atoms with van der Waals surface area (Å²) in [6, 6.07) is 0. The Labute approximate surface area is 88.3 Å². The van der Waals surface area contributed by atoms with E-state index in [-0.39, 0.29) is 5.91 Å². The molecule has 0 aliphatic carbocycles. The summed E-state index contributed by atoms with van der Waals surface area (Å²) < 4.78 is 0. The molecule has 1 aromatic rings. The topological polar surface area (TPSA) is 72.1 Å². The minimum Gasteiger partial charge on any atom is -0.339 e. The monoisotopic (exact) mass is 206 g/mol. The van der Waals surface area contributed by atoms with Crippen molar-refractivity contribution < 1.29 is 4.79 Å². The van der Waals surface area contributed by atoms with Crippen LogP contribution >= 0.6 is 0 Å². The number of nitrogens with zero attached hydrogens (tertiary/aromatic N) is 3. The van der Waals surface area contributed by atoms with E-state index in [9.17, 15) is 4.79 Å². The van der Waals surface area contributed by atoms with E-state index in [1.807, 2.05) is 4.90 Å².